The standard InChI is InChI=1S/C20H19ClN2O4S2/c1-13-4-6-14(7-5-13)19-22-15(12-28-19)11-27-20(24)17-10-16(8-9-18(17)21)29(25,26)23(2)3/h4-10,12H,11H2,1-3H3. The lowest BCUT2D eigenvalue weighted by atomic mass is 10.2. The van der Waals surface area contributed by atoms with Gasteiger partial charge in [-0.25, -0.2) is 22.5 Å². The van der Waals surface area contributed by atoms with E-state index in [0.717, 1.165) is 20.4 Å². The molecule has 0 amide bonds. The fraction of sp³-hybridized carbons (Fsp3) is 0.200. The molecule has 0 bridgehead atoms. The number of carbonyl (C=O) groups excluding carboxylic acids is 1. The third-order valence-electron chi connectivity index (χ3n) is 4.14. The summed E-state index contributed by atoms with van der Waals surface area (Å²) in [5.41, 5.74) is 2.74. The molecule has 0 saturated heterocycles. The molecule has 9 heteroatoms. The maximum atomic E-state index is 12.5. The molecule has 3 rings (SSSR count). The number of hydrogen-bond acceptors (Lipinski definition) is 6. The Labute approximate surface area is 178 Å². The van der Waals surface area contributed by atoms with Gasteiger partial charge in [-0.1, -0.05) is 41.4 Å². The fourth-order valence-corrected chi connectivity index (χ4v) is 4.38. The molecule has 0 saturated carbocycles. The van der Waals surface area contributed by atoms with Gasteiger partial charge in [0, 0.05) is 25.0 Å². The van der Waals surface area contributed by atoms with Gasteiger partial charge in [0.1, 0.15) is 11.6 Å². The van der Waals surface area contributed by atoms with E-state index in [4.69, 9.17) is 16.3 Å². The molecule has 0 radical (unpaired) electrons. The minimum atomic E-state index is -3.69. The molecule has 1 heterocycles. The van der Waals surface area contributed by atoms with Crippen molar-refractivity contribution < 1.29 is 17.9 Å². The summed E-state index contributed by atoms with van der Waals surface area (Å²) in [5.74, 6) is -0.712. The van der Waals surface area contributed by atoms with Crippen molar-refractivity contribution in [2.24, 2.45) is 0 Å². The van der Waals surface area contributed by atoms with Gasteiger partial charge in [0.25, 0.3) is 0 Å². The van der Waals surface area contributed by atoms with Crippen molar-refractivity contribution in [2.75, 3.05) is 14.1 Å². The Kier molecular flexibility index (Phi) is 6.38. The van der Waals surface area contributed by atoms with Crippen LogP contribution in [-0.4, -0.2) is 37.8 Å². The van der Waals surface area contributed by atoms with Crippen LogP contribution in [0.15, 0.2) is 52.7 Å². The minimum Gasteiger partial charge on any atom is -0.456 e. The number of nitrogens with zero attached hydrogens (tertiary/aromatic N) is 2. The van der Waals surface area contributed by atoms with E-state index in [1.54, 1.807) is 0 Å². The molecule has 0 fully saturated rings. The van der Waals surface area contributed by atoms with E-state index in [1.807, 2.05) is 36.6 Å². The normalized spacial score (nSPS) is 11.6. The van der Waals surface area contributed by atoms with Crippen LogP contribution >= 0.6 is 22.9 Å². The van der Waals surface area contributed by atoms with Gasteiger partial charge in [-0.3, -0.25) is 0 Å². The van der Waals surface area contributed by atoms with Gasteiger partial charge in [-0.2, -0.15) is 0 Å². The molecule has 0 aliphatic carbocycles. The van der Waals surface area contributed by atoms with Crippen molar-refractivity contribution >= 4 is 38.9 Å². The zero-order valence-corrected chi connectivity index (χ0v) is 18.4. The van der Waals surface area contributed by atoms with Gasteiger partial charge in [0.05, 0.1) is 21.2 Å². The topological polar surface area (TPSA) is 76.6 Å². The second-order valence-electron chi connectivity index (χ2n) is 6.52. The zero-order valence-electron chi connectivity index (χ0n) is 16.0. The highest BCUT2D eigenvalue weighted by molar-refractivity contribution is 7.89. The molecule has 0 spiro atoms. The molecular formula is C20H19ClN2O4S2. The molecule has 2 aromatic carbocycles. The number of hydrogen-bond donors (Lipinski definition) is 0. The lowest BCUT2D eigenvalue weighted by Gasteiger charge is -2.13. The van der Waals surface area contributed by atoms with E-state index >= 15 is 0 Å². The van der Waals surface area contributed by atoms with E-state index in [9.17, 15) is 13.2 Å². The van der Waals surface area contributed by atoms with Crippen LogP contribution < -0.4 is 0 Å². The maximum Gasteiger partial charge on any atom is 0.340 e. The Bertz CT molecular complexity index is 1140. The zero-order chi connectivity index (χ0) is 21.2. The van der Waals surface area contributed by atoms with Gasteiger partial charge in [0.2, 0.25) is 10.0 Å². The van der Waals surface area contributed by atoms with E-state index in [2.05, 4.69) is 4.98 Å². The first-order valence-corrected chi connectivity index (χ1v) is 11.3. The van der Waals surface area contributed by atoms with Crippen LogP contribution in [0, 0.1) is 6.92 Å². The smallest absolute Gasteiger partial charge is 0.340 e. The quantitative estimate of drug-likeness (QED) is 0.521. The molecule has 1 aromatic heterocycles. The Morgan fingerprint density at radius 1 is 1.17 bits per heavy atom. The summed E-state index contributed by atoms with van der Waals surface area (Å²) in [7, 11) is -0.866. The Morgan fingerprint density at radius 2 is 1.86 bits per heavy atom. The van der Waals surface area contributed by atoms with Crippen molar-refractivity contribution in [3.05, 3.63) is 69.7 Å². The molecule has 3 aromatic rings. The summed E-state index contributed by atoms with van der Waals surface area (Å²) in [6.07, 6.45) is 0. The molecule has 0 N–H and O–H groups in total. The average Bonchev–Trinajstić information content (AvgIpc) is 3.15. The third kappa shape index (κ3) is 4.84. The molecule has 0 atom stereocenters. The van der Waals surface area contributed by atoms with Crippen LogP contribution in [0.4, 0.5) is 0 Å². The van der Waals surface area contributed by atoms with E-state index < -0.39 is 16.0 Å². The van der Waals surface area contributed by atoms with Crippen molar-refractivity contribution in [2.45, 2.75) is 18.4 Å². The average molecular weight is 451 g/mol. The van der Waals surface area contributed by atoms with E-state index in [0.29, 0.717) is 5.69 Å². The van der Waals surface area contributed by atoms with E-state index in [1.165, 1.54) is 43.6 Å². The van der Waals surface area contributed by atoms with Crippen LogP contribution in [0.2, 0.25) is 5.02 Å². The van der Waals surface area contributed by atoms with Crippen molar-refractivity contribution in [1.82, 2.24) is 9.29 Å². The number of thiazole rings is 1. The number of carbonyl (C=O) groups is 1. The second kappa shape index (κ2) is 8.62. The Morgan fingerprint density at radius 3 is 2.52 bits per heavy atom. The Hall–Kier alpha value is -2.26. The highest BCUT2D eigenvalue weighted by atomic mass is 35.5. The summed E-state index contributed by atoms with van der Waals surface area (Å²) in [4.78, 5) is 16.9. The maximum absolute atomic E-state index is 12.5. The summed E-state index contributed by atoms with van der Waals surface area (Å²) >= 11 is 7.53. The molecule has 6 nitrogen and oxygen atoms in total. The van der Waals surface area contributed by atoms with Crippen LogP contribution in [0.1, 0.15) is 21.6 Å². The first-order valence-electron chi connectivity index (χ1n) is 8.59. The number of ether oxygens (including phenoxy) is 1. The van der Waals surface area contributed by atoms with Crippen LogP contribution in [-0.2, 0) is 21.4 Å². The van der Waals surface area contributed by atoms with Crippen molar-refractivity contribution in [3.63, 3.8) is 0 Å². The van der Waals surface area contributed by atoms with Crippen LogP contribution in [0.3, 0.4) is 0 Å². The number of esters is 1. The monoisotopic (exact) mass is 450 g/mol. The summed E-state index contributed by atoms with van der Waals surface area (Å²) in [6.45, 7) is 1.97. The number of aromatic nitrogens is 1. The summed E-state index contributed by atoms with van der Waals surface area (Å²) in [6, 6.07) is 11.9. The van der Waals surface area contributed by atoms with Crippen molar-refractivity contribution in [1.29, 1.82) is 0 Å². The highest BCUT2D eigenvalue weighted by Crippen LogP contribution is 2.26. The van der Waals surface area contributed by atoms with Gasteiger partial charge < -0.3 is 4.74 Å². The lowest BCUT2D eigenvalue weighted by Crippen LogP contribution is -2.22. The molecule has 0 aliphatic heterocycles. The molecule has 152 valence electrons. The van der Waals surface area contributed by atoms with Gasteiger partial charge >= 0.3 is 5.97 Å². The number of halogens is 1. The number of rotatable bonds is 6. The highest BCUT2D eigenvalue weighted by Gasteiger charge is 2.21. The van der Waals surface area contributed by atoms with E-state index in [-0.39, 0.29) is 22.1 Å². The third-order valence-corrected chi connectivity index (χ3v) is 7.22. The van der Waals surface area contributed by atoms with Gasteiger partial charge in [-0.05, 0) is 25.1 Å². The van der Waals surface area contributed by atoms with Crippen LogP contribution in [0.25, 0.3) is 10.6 Å². The number of benzene rings is 2. The molecule has 0 unspecified atom stereocenters. The number of sulfonamides is 1. The SMILES string of the molecule is Cc1ccc(-c2nc(COC(=O)c3cc(S(=O)(=O)N(C)C)ccc3Cl)cs2)cc1. The lowest BCUT2D eigenvalue weighted by molar-refractivity contribution is 0.0468. The number of aryl methyl sites for hydroxylation is 1. The minimum absolute atomic E-state index is 0.0106. The largest absolute Gasteiger partial charge is 0.456 e. The molecular weight excluding hydrogens is 432 g/mol. The predicted molar refractivity (Wildman–Crippen MR) is 114 cm³/mol. The molecule has 29 heavy (non-hydrogen) atoms. The van der Waals surface area contributed by atoms with Gasteiger partial charge in [-0.15, -0.1) is 11.3 Å². The summed E-state index contributed by atoms with van der Waals surface area (Å²) in [5, 5.41) is 2.76. The fourth-order valence-electron chi connectivity index (χ4n) is 2.45. The summed E-state index contributed by atoms with van der Waals surface area (Å²) < 4.78 is 30.9. The Balaban J connectivity index is 1.74. The molecule has 0 aliphatic rings. The van der Waals surface area contributed by atoms with Crippen molar-refractivity contribution in [3.8, 4) is 10.6 Å². The predicted octanol–water partition coefficient (Wildman–Crippen LogP) is 4.38. The second-order valence-corrected chi connectivity index (χ2v) is 9.93. The van der Waals surface area contributed by atoms with Gasteiger partial charge in [0.15, 0.2) is 0 Å². The van der Waals surface area contributed by atoms with Crippen LogP contribution in [0.5, 0.6) is 0 Å². The first kappa shape index (κ1) is 21.4. The first-order chi connectivity index (χ1) is 13.7.